The number of allylic oxidation sites excluding steroid dienone is 1. The topological polar surface area (TPSA) is 37.3 Å². The largest absolute Gasteiger partial charge is 0.393 e. The van der Waals surface area contributed by atoms with Gasteiger partial charge in [-0.15, -0.1) is 0 Å². The Hall–Kier alpha value is -0.700. The van der Waals surface area contributed by atoms with Crippen LogP contribution in [-0.2, 0) is 4.79 Å². The number of Topliss-reactive ketones (excluding diaryl/α,β-unsaturated/α-hetero) is 1. The lowest BCUT2D eigenvalue weighted by molar-refractivity contribution is -0.119. The van der Waals surface area contributed by atoms with Gasteiger partial charge in [-0.1, -0.05) is 6.92 Å². The molecule has 0 aromatic heterocycles. The molecule has 5 rings (SSSR count). The molecule has 120 valence electrons. The molecular weight excluding hydrogens is 279 g/mol. The van der Waals surface area contributed by atoms with Crippen LogP contribution in [0, 0.1) is 34.5 Å². The zero-order chi connectivity index (χ0) is 15.3. The van der Waals surface area contributed by atoms with Crippen LogP contribution >= 0.6 is 0 Å². The minimum atomic E-state index is -0.390. The van der Waals surface area contributed by atoms with Crippen molar-refractivity contribution in [2.45, 2.75) is 64.4 Å². The van der Waals surface area contributed by atoms with Crippen LogP contribution in [0.4, 0.5) is 4.39 Å². The summed E-state index contributed by atoms with van der Waals surface area (Å²) in [5, 5.41) is 10.6. The standard InChI is InChI=1S/C19H25FO2/c1-18-7-6-12-11-3-5-15(21)17(20)13(11)2-4-14(12)19(18)9-10(19)8-16(18)22/h10-12,14,16,22H,2-9H2,1H3/t10?,11-,12-,14-,16?,18-,19?/m1/s1. The number of carbonyl (C=O) groups excluding carboxylic acids is 1. The molecule has 0 saturated heterocycles. The molecule has 4 fully saturated rings. The summed E-state index contributed by atoms with van der Waals surface area (Å²) in [4.78, 5) is 11.7. The van der Waals surface area contributed by atoms with Gasteiger partial charge in [0.2, 0.25) is 0 Å². The van der Waals surface area contributed by atoms with Crippen molar-refractivity contribution in [3.8, 4) is 0 Å². The zero-order valence-electron chi connectivity index (χ0n) is 13.3. The number of aliphatic hydroxyl groups is 1. The third-order valence-corrected chi connectivity index (χ3v) is 8.53. The monoisotopic (exact) mass is 304 g/mol. The molecule has 1 spiro atoms. The Kier molecular flexibility index (Phi) is 2.51. The van der Waals surface area contributed by atoms with Crippen molar-refractivity contribution in [3.63, 3.8) is 0 Å². The SMILES string of the molecule is C[C@]12CC[C@H]3[C@@H](CCC4=C(F)C(=O)CC[C@@H]43)C13CC3CC2O. The van der Waals surface area contributed by atoms with E-state index in [1.54, 1.807) is 0 Å². The second-order valence-electron chi connectivity index (χ2n) is 8.87. The van der Waals surface area contributed by atoms with Crippen LogP contribution in [0.1, 0.15) is 58.3 Å². The number of hydrogen-bond donors (Lipinski definition) is 1. The number of rotatable bonds is 0. The Morgan fingerprint density at radius 3 is 2.86 bits per heavy atom. The third-order valence-electron chi connectivity index (χ3n) is 8.53. The van der Waals surface area contributed by atoms with Gasteiger partial charge < -0.3 is 5.11 Å². The average Bonchev–Trinajstić information content (AvgIpc) is 3.16. The highest BCUT2D eigenvalue weighted by molar-refractivity contribution is 5.95. The highest BCUT2D eigenvalue weighted by atomic mass is 19.1. The predicted molar refractivity (Wildman–Crippen MR) is 80.6 cm³/mol. The number of carbonyl (C=O) groups is 1. The molecule has 0 aromatic carbocycles. The summed E-state index contributed by atoms with van der Waals surface area (Å²) in [7, 11) is 0. The molecule has 22 heavy (non-hydrogen) atoms. The molecule has 4 saturated carbocycles. The van der Waals surface area contributed by atoms with Gasteiger partial charge in [0.25, 0.3) is 0 Å². The minimum absolute atomic E-state index is 0.100. The average molecular weight is 304 g/mol. The van der Waals surface area contributed by atoms with Crippen molar-refractivity contribution < 1.29 is 14.3 Å². The second kappa shape index (κ2) is 4.03. The summed E-state index contributed by atoms with van der Waals surface area (Å²) in [5.74, 6) is 1.59. The highest BCUT2D eigenvalue weighted by Gasteiger charge is 2.77. The van der Waals surface area contributed by atoms with E-state index in [1.807, 2.05) is 0 Å². The molecular formula is C19H25FO2. The molecule has 0 aromatic rings. The lowest BCUT2D eigenvalue weighted by Crippen LogP contribution is -2.50. The molecule has 0 radical (unpaired) electrons. The van der Waals surface area contributed by atoms with E-state index in [0.29, 0.717) is 35.5 Å². The van der Waals surface area contributed by atoms with Gasteiger partial charge in [-0.05, 0) is 85.0 Å². The van der Waals surface area contributed by atoms with Crippen molar-refractivity contribution in [2.75, 3.05) is 0 Å². The van der Waals surface area contributed by atoms with Crippen molar-refractivity contribution in [2.24, 2.45) is 34.5 Å². The minimum Gasteiger partial charge on any atom is -0.393 e. The van der Waals surface area contributed by atoms with Gasteiger partial charge in [0, 0.05) is 6.42 Å². The molecule has 5 aliphatic carbocycles. The first-order valence-corrected chi connectivity index (χ1v) is 9.09. The third kappa shape index (κ3) is 1.35. The first-order valence-electron chi connectivity index (χ1n) is 9.09. The second-order valence-corrected chi connectivity index (χ2v) is 8.87. The van der Waals surface area contributed by atoms with Crippen LogP contribution < -0.4 is 0 Å². The zero-order valence-corrected chi connectivity index (χ0v) is 13.3. The van der Waals surface area contributed by atoms with Crippen LogP contribution in [0.5, 0.6) is 0 Å². The molecule has 0 aliphatic heterocycles. The maximum Gasteiger partial charge on any atom is 0.191 e. The predicted octanol–water partition coefficient (Wildman–Crippen LogP) is 3.79. The molecule has 3 heteroatoms. The van der Waals surface area contributed by atoms with Crippen LogP contribution in [0.15, 0.2) is 11.4 Å². The Morgan fingerprint density at radius 2 is 2.05 bits per heavy atom. The van der Waals surface area contributed by atoms with Crippen molar-refractivity contribution in [1.29, 1.82) is 0 Å². The summed E-state index contributed by atoms with van der Waals surface area (Å²) in [5.41, 5.74) is 1.30. The molecule has 0 amide bonds. The molecule has 0 heterocycles. The van der Waals surface area contributed by atoms with Crippen LogP contribution in [0.25, 0.3) is 0 Å². The van der Waals surface area contributed by atoms with Gasteiger partial charge in [-0.2, -0.15) is 0 Å². The fraction of sp³-hybridized carbons (Fsp3) is 0.842. The number of aliphatic hydroxyl groups excluding tert-OH is 1. The lowest BCUT2D eigenvalue weighted by Gasteiger charge is -2.55. The summed E-state index contributed by atoms with van der Waals surface area (Å²) in [6.45, 7) is 2.32. The van der Waals surface area contributed by atoms with Crippen molar-refractivity contribution in [1.82, 2.24) is 0 Å². The highest BCUT2D eigenvalue weighted by Crippen LogP contribution is 2.81. The summed E-state index contributed by atoms with van der Waals surface area (Å²) in [6, 6.07) is 0. The smallest absolute Gasteiger partial charge is 0.191 e. The molecule has 7 atom stereocenters. The van der Waals surface area contributed by atoms with E-state index in [1.165, 1.54) is 6.42 Å². The quantitative estimate of drug-likeness (QED) is 0.739. The molecule has 0 bridgehead atoms. The molecule has 3 unspecified atom stereocenters. The Balaban J connectivity index is 1.54. The van der Waals surface area contributed by atoms with Crippen LogP contribution in [0.3, 0.4) is 0 Å². The van der Waals surface area contributed by atoms with Gasteiger partial charge in [0.1, 0.15) is 0 Å². The van der Waals surface area contributed by atoms with Gasteiger partial charge in [-0.25, -0.2) is 4.39 Å². The first-order chi connectivity index (χ1) is 10.5. The van der Waals surface area contributed by atoms with Gasteiger partial charge in [0.15, 0.2) is 11.6 Å². The van der Waals surface area contributed by atoms with E-state index >= 15 is 0 Å². The van der Waals surface area contributed by atoms with E-state index in [-0.39, 0.29) is 23.1 Å². The lowest BCUT2D eigenvalue weighted by atomic mass is 9.49. The fourth-order valence-corrected chi connectivity index (χ4v) is 7.45. The van der Waals surface area contributed by atoms with Crippen LogP contribution in [-0.4, -0.2) is 17.0 Å². The maximum atomic E-state index is 14.3. The van der Waals surface area contributed by atoms with Gasteiger partial charge >= 0.3 is 0 Å². The molecule has 1 N–H and O–H groups in total. The Bertz CT molecular complexity index is 596. The van der Waals surface area contributed by atoms with E-state index in [0.717, 1.165) is 44.1 Å². The summed E-state index contributed by atoms with van der Waals surface area (Å²) >= 11 is 0. The molecule has 2 nitrogen and oxygen atoms in total. The number of fused-ring (bicyclic) bond motifs is 3. The van der Waals surface area contributed by atoms with E-state index in [4.69, 9.17) is 0 Å². The Labute approximate surface area is 131 Å². The summed E-state index contributed by atoms with van der Waals surface area (Å²) < 4.78 is 14.3. The first kappa shape index (κ1) is 13.7. The Morgan fingerprint density at radius 1 is 1.23 bits per heavy atom. The van der Waals surface area contributed by atoms with Crippen molar-refractivity contribution >= 4 is 5.78 Å². The normalized spacial score (nSPS) is 56.1. The van der Waals surface area contributed by atoms with Gasteiger partial charge in [0.05, 0.1) is 6.10 Å². The van der Waals surface area contributed by atoms with Gasteiger partial charge in [-0.3, -0.25) is 4.79 Å². The summed E-state index contributed by atoms with van der Waals surface area (Å²) in [6.07, 6.45) is 7.43. The molecule has 5 aliphatic rings. The van der Waals surface area contributed by atoms with E-state index < -0.39 is 0 Å². The number of ketones is 1. The number of halogens is 1. The van der Waals surface area contributed by atoms with Crippen LogP contribution in [0.2, 0.25) is 0 Å². The van der Waals surface area contributed by atoms with Crippen molar-refractivity contribution in [3.05, 3.63) is 11.4 Å². The maximum absolute atomic E-state index is 14.3. The number of hydrogen-bond acceptors (Lipinski definition) is 2. The van der Waals surface area contributed by atoms with E-state index in [9.17, 15) is 14.3 Å². The van der Waals surface area contributed by atoms with E-state index in [2.05, 4.69) is 6.92 Å². The fourth-order valence-electron chi connectivity index (χ4n) is 7.45.